The maximum atomic E-state index is 11.5. The van der Waals surface area contributed by atoms with E-state index in [1.807, 2.05) is 4.90 Å². The van der Waals surface area contributed by atoms with Gasteiger partial charge in [0.05, 0.1) is 0 Å². The van der Waals surface area contributed by atoms with E-state index in [4.69, 9.17) is 0 Å². The Kier molecular flexibility index (Phi) is 4.80. The molecule has 2 aliphatic rings. The fourth-order valence-electron chi connectivity index (χ4n) is 2.73. The topological polar surface area (TPSA) is 44.4 Å². The number of carbonyl (C=O) groups is 1. The molecule has 0 radical (unpaired) electrons. The van der Waals surface area contributed by atoms with E-state index in [1.165, 1.54) is 19.3 Å². The minimum atomic E-state index is 0.328. The molecule has 98 valence electrons. The Morgan fingerprint density at radius 3 is 3.00 bits per heavy atom. The van der Waals surface area contributed by atoms with Crippen molar-refractivity contribution in [2.45, 2.75) is 51.1 Å². The Bertz CT molecular complexity index is 251. The van der Waals surface area contributed by atoms with Crippen LogP contribution in [0.4, 0.5) is 0 Å². The minimum absolute atomic E-state index is 0.328. The number of rotatable bonds is 5. The van der Waals surface area contributed by atoms with Gasteiger partial charge in [-0.2, -0.15) is 0 Å². The number of likely N-dealkylation sites (tertiary alicyclic amines) is 1. The molecule has 2 atom stereocenters. The minimum Gasteiger partial charge on any atom is -0.341 e. The molecule has 2 aliphatic heterocycles. The highest BCUT2D eigenvalue weighted by molar-refractivity contribution is 5.78. The monoisotopic (exact) mass is 239 g/mol. The molecule has 0 saturated carbocycles. The lowest BCUT2D eigenvalue weighted by Gasteiger charge is -2.27. The molecule has 1 amide bonds. The number of amides is 1. The van der Waals surface area contributed by atoms with E-state index < -0.39 is 0 Å². The lowest BCUT2D eigenvalue weighted by Crippen LogP contribution is -2.47. The molecule has 2 fully saturated rings. The van der Waals surface area contributed by atoms with Gasteiger partial charge in [0.2, 0.25) is 5.91 Å². The number of hydrogen-bond acceptors (Lipinski definition) is 3. The van der Waals surface area contributed by atoms with E-state index in [-0.39, 0.29) is 0 Å². The molecule has 0 aromatic heterocycles. The number of carbonyl (C=O) groups excluding carboxylic acids is 1. The van der Waals surface area contributed by atoms with E-state index in [0.29, 0.717) is 18.0 Å². The van der Waals surface area contributed by atoms with Crippen LogP contribution in [-0.4, -0.2) is 49.1 Å². The van der Waals surface area contributed by atoms with Crippen molar-refractivity contribution < 1.29 is 4.79 Å². The summed E-state index contributed by atoms with van der Waals surface area (Å²) in [4.78, 5) is 13.5. The van der Waals surface area contributed by atoms with E-state index in [1.54, 1.807) is 0 Å². The Morgan fingerprint density at radius 2 is 2.35 bits per heavy atom. The second kappa shape index (κ2) is 6.36. The van der Waals surface area contributed by atoms with Gasteiger partial charge in [0, 0.05) is 38.1 Å². The summed E-state index contributed by atoms with van der Waals surface area (Å²) in [5.74, 6) is 0.328. The lowest BCUT2D eigenvalue weighted by atomic mass is 10.0. The molecule has 0 aromatic carbocycles. The fourth-order valence-corrected chi connectivity index (χ4v) is 2.73. The number of nitrogens with zero attached hydrogens (tertiary/aromatic N) is 1. The van der Waals surface area contributed by atoms with E-state index in [9.17, 15) is 4.79 Å². The molecule has 2 N–H and O–H groups in total. The van der Waals surface area contributed by atoms with Crippen LogP contribution in [0.5, 0.6) is 0 Å². The first-order valence-electron chi connectivity index (χ1n) is 7.00. The van der Waals surface area contributed by atoms with E-state index in [0.717, 1.165) is 39.0 Å². The van der Waals surface area contributed by atoms with Crippen LogP contribution in [0, 0.1) is 0 Å². The summed E-state index contributed by atoms with van der Waals surface area (Å²) in [7, 11) is 0. The van der Waals surface area contributed by atoms with Gasteiger partial charge in [-0.15, -0.1) is 0 Å². The van der Waals surface area contributed by atoms with Crippen LogP contribution >= 0.6 is 0 Å². The molecule has 17 heavy (non-hydrogen) atoms. The van der Waals surface area contributed by atoms with Crippen molar-refractivity contribution in [2.75, 3.05) is 26.2 Å². The maximum Gasteiger partial charge on any atom is 0.222 e. The third kappa shape index (κ3) is 3.96. The van der Waals surface area contributed by atoms with Crippen LogP contribution in [0.1, 0.15) is 39.0 Å². The largest absolute Gasteiger partial charge is 0.341 e. The van der Waals surface area contributed by atoms with Crippen molar-refractivity contribution in [1.29, 1.82) is 0 Å². The van der Waals surface area contributed by atoms with Crippen LogP contribution in [0.25, 0.3) is 0 Å². The average Bonchev–Trinajstić information content (AvgIpc) is 2.74. The molecule has 0 aliphatic carbocycles. The first kappa shape index (κ1) is 12.8. The van der Waals surface area contributed by atoms with Gasteiger partial charge < -0.3 is 15.5 Å². The second-order valence-electron chi connectivity index (χ2n) is 5.40. The summed E-state index contributed by atoms with van der Waals surface area (Å²) in [5.41, 5.74) is 0. The van der Waals surface area contributed by atoms with Gasteiger partial charge in [-0.05, 0) is 32.7 Å². The zero-order valence-corrected chi connectivity index (χ0v) is 10.9. The maximum absolute atomic E-state index is 11.5. The van der Waals surface area contributed by atoms with E-state index in [2.05, 4.69) is 17.6 Å². The van der Waals surface area contributed by atoms with Crippen LogP contribution < -0.4 is 10.6 Å². The summed E-state index contributed by atoms with van der Waals surface area (Å²) in [6.45, 7) is 6.18. The molecule has 2 saturated heterocycles. The standard InChI is InChI=1S/C13H25N3O/c1-11(10-16-8-4-6-13(16)17)15-9-12-5-2-3-7-14-12/h11-12,14-15H,2-10H2,1H3. The number of nitrogens with one attached hydrogen (secondary N) is 2. The summed E-state index contributed by atoms with van der Waals surface area (Å²) >= 11 is 0. The van der Waals surface area contributed by atoms with Crippen molar-refractivity contribution in [1.82, 2.24) is 15.5 Å². The Hall–Kier alpha value is -0.610. The molecule has 4 heteroatoms. The third-order valence-electron chi connectivity index (χ3n) is 3.79. The molecular weight excluding hydrogens is 214 g/mol. The zero-order chi connectivity index (χ0) is 12.1. The predicted molar refractivity (Wildman–Crippen MR) is 68.9 cm³/mol. The summed E-state index contributed by atoms with van der Waals surface area (Å²) in [6.07, 6.45) is 5.72. The highest BCUT2D eigenvalue weighted by atomic mass is 16.2. The van der Waals surface area contributed by atoms with Crippen LogP contribution in [0.2, 0.25) is 0 Å². The van der Waals surface area contributed by atoms with Crippen molar-refractivity contribution in [2.24, 2.45) is 0 Å². The first-order chi connectivity index (χ1) is 8.25. The Balaban J connectivity index is 1.62. The molecule has 0 bridgehead atoms. The molecule has 4 nitrogen and oxygen atoms in total. The predicted octanol–water partition coefficient (Wildman–Crippen LogP) is 0.729. The molecule has 2 rings (SSSR count). The van der Waals surface area contributed by atoms with Gasteiger partial charge >= 0.3 is 0 Å². The van der Waals surface area contributed by atoms with E-state index >= 15 is 0 Å². The van der Waals surface area contributed by atoms with Gasteiger partial charge in [0.1, 0.15) is 0 Å². The SMILES string of the molecule is CC(CN1CCCC1=O)NCC1CCCCN1. The lowest BCUT2D eigenvalue weighted by molar-refractivity contribution is -0.127. The Morgan fingerprint density at radius 1 is 1.47 bits per heavy atom. The van der Waals surface area contributed by atoms with Crippen LogP contribution in [0.3, 0.4) is 0 Å². The van der Waals surface area contributed by atoms with Crippen molar-refractivity contribution in [3.05, 3.63) is 0 Å². The second-order valence-corrected chi connectivity index (χ2v) is 5.40. The molecular formula is C13H25N3O. The smallest absolute Gasteiger partial charge is 0.222 e. The molecule has 2 unspecified atom stereocenters. The summed E-state index contributed by atoms with van der Waals surface area (Å²) in [5, 5.41) is 7.08. The van der Waals surface area contributed by atoms with Crippen molar-refractivity contribution >= 4 is 5.91 Å². The highest BCUT2D eigenvalue weighted by Crippen LogP contribution is 2.10. The van der Waals surface area contributed by atoms with Gasteiger partial charge in [0.25, 0.3) is 0 Å². The third-order valence-corrected chi connectivity index (χ3v) is 3.79. The zero-order valence-electron chi connectivity index (χ0n) is 10.9. The molecule has 0 aromatic rings. The fraction of sp³-hybridized carbons (Fsp3) is 0.923. The van der Waals surface area contributed by atoms with Crippen molar-refractivity contribution in [3.63, 3.8) is 0 Å². The normalized spacial score (nSPS) is 27.5. The van der Waals surface area contributed by atoms with Gasteiger partial charge in [-0.1, -0.05) is 6.42 Å². The number of hydrogen-bond donors (Lipinski definition) is 2. The van der Waals surface area contributed by atoms with Gasteiger partial charge in [0.15, 0.2) is 0 Å². The van der Waals surface area contributed by atoms with Gasteiger partial charge in [-0.3, -0.25) is 4.79 Å². The average molecular weight is 239 g/mol. The Labute approximate surface area is 104 Å². The quantitative estimate of drug-likeness (QED) is 0.743. The van der Waals surface area contributed by atoms with Gasteiger partial charge in [-0.25, -0.2) is 0 Å². The van der Waals surface area contributed by atoms with Crippen LogP contribution in [-0.2, 0) is 4.79 Å². The highest BCUT2D eigenvalue weighted by Gasteiger charge is 2.22. The van der Waals surface area contributed by atoms with Crippen molar-refractivity contribution in [3.8, 4) is 0 Å². The van der Waals surface area contributed by atoms with Crippen LogP contribution in [0.15, 0.2) is 0 Å². The number of piperidine rings is 1. The molecule has 0 spiro atoms. The summed E-state index contributed by atoms with van der Waals surface area (Å²) in [6, 6.07) is 1.03. The summed E-state index contributed by atoms with van der Waals surface area (Å²) < 4.78 is 0. The molecule has 2 heterocycles. The first-order valence-corrected chi connectivity index (χ1v) is 7.00.